The summed E-state index contributed by atoms with van der Waals surface area (Å²) >= 11 is 0. The second-order valence-electron chi connectivity index (χ2n) is 4.36. The van der Waals surface area contributed by atoms with E-state index < -0.39 is 0 Å². The molecule has 0 bridgehead atoms. The Morgan fingerprint density at radius 2 is 1.89 bits per heavy atom. The Labute approximate surface area is 106 Å². The number of benzene rings is 1. The van der Waals surface area contributed by atoms with Gasteiger partial charge in [-0.25, -0.2) is 5.10 Å². The van der Waals surface area contributed by atoms with E-state index in [1.54, 1.807) is 14.0 Å². The number of hydrogen-bond acceptors (Lipinski definition) is 3. The molecule has 0 amide bonds. The number of aryl methyl sites for hydroxylation is 1. The zero-order chi connectivity index (χ0) is 13.3. The fourth-order valence-corrected chi connectivity index (χ4v) is 1.89. The highest BCUT2D eigenvalue weighted by atomic mass is 16.5. The van der Waals surface area contributed by atoms with Gasteiger partial charge in [0.05, 0.1) is 12.8 Å². The molecule has 0 aliphatic carbocycles. The SMILES string of the molecule is COc1ccc(C)cc1-c1n[nH]c(=O)c(C)c1C. The number of methoxy groups -OCH3 is 1. The quantitative estimate of drug-likeness (QED) is 0.882. The number of nitrogens with zero attached hydrogens (tertiary/aromatic N) is 1. The number of ether oxygens (including phenoxy) is 1. The largest absolute Gasteiger partial charge is 0.496 e. The molecule has 1 heterocycles. The van der Waals surface area contributed by atoms with E-state index in [0.717, 1.165) is 28.1 Å². The lowest BCUT2D eigenvalue weighted by Crippen LogP contribution is -2.14. The molecular formula is C14H16N2O2. The third-order valence-electron chi connectivity index (χ3n) is 3.14. The van der Waals surface area contributed by atoms with Crippen LogP contribution in [0.15, 0.2) is 23.0 Å². The topological polar surface area (TPSA) is 55.0 Å². The number of hydrogen-bond donors (Lipinski definition) is 1. The van der Waals surface area contributed by atoms with Crippen molar-refractivity contribution >= 4 is 0 Å². The smallest absolute Gasteiger partial charge is 0.267 e. The summed E-state index contributed by atoms with van der Waals surface area (Å²) in [4.78, 5) is 11.5. The fourth-order valence-electron chi connectivity index (χ4n) is 1.89. The number of rotatable bonds is 2. The third-order valence-corrected chi connectivity index (χ3v) is 3.14. The average Bonchev–Trinajstić information content (AvgIpc) is 2.36. The number of aromatic amines is 1. The highest BCUT2D eigenvalue weighted by Gasteiger charge is 2.13. The molecule has 0 aliphatic heterocycles. The van der Waals surface area contributed by atoms with Crippen LogP contribution in [0.2, 0.25) is 0 Å². The van der Waals surface area contributed by atoms with E-state index in [4.69, 9.17) is 4.74 Å². The minimum Gasteiger partial charge on any atom is -0.496 e. The minimum absolute atomic E-state index is 0.150. The molecule has 1 N–H and O–H groups in total. The molecule has 4 heteroatoms. The van der Waals surface area contributed by atoms with Crippen molar-refractivity contribution in [3.8, 4) is 17.0 Å². The summed E-state index contributed by atoms with van der Waals surface area (Å²) in [5.74, 6) is 0.752. The van der Waals surface area contributed by atoms with Crippen molar-refractivity contribution in [3.05, 3.63) is 45.2 Å². The van der Waals surface area contributed by atoms with Crippen molar-refractivity contribution in [1.82, 2.24) is 10.2 Å². The zero-order valence-electron chi connectivity index (χ0n) is 11.0. The van der Waals surface area contributed by atoms with E-state index in [1.165, 1.54) is 0 Å². The van der Waals surface area contributed by atoms with E-state index in [0.29, 0.717) is 5.56 Å². The summed E-state index contributed by atoms with van der Waals surface area (Å²) in [6.07, 6.45) is 0. The summed E-state index contributed by atoms with van der Waals surface area (Å²) in [5, 5.41) is 6.66. The molecule has 0 radical (unpaired) electrons. The van der Waals surface area contributed by atoms with Crippen LogP contribution in [-0.2, 0) is 0 Å². The average molecular weight is 244 g/mol. The first-order valence-electron chi connectivity index (χ1n) is 5.75. The highest BCUT2D eigenvalue weighted by Crippen LogP contribution is 2.31. The third kappa shape index (κ3) is 2.01. The van der Waals surface area contributed by atoms with Gasteiger partial charge in [0.1, 0.15) is 5.75 Å². The van der Waals surface area contributed by atoms with Gasteiger partial charge in [-0.15, -0.1) is 0 Å². The van der Waals surface area contributed by atoms with Crippen LogP contribution >= 0.6 is 0 Å². The predicted molar refractivity (Wildman–Crippen MR) is 71.1 cm³/mol. The Morgan fingerprint density at radius 1 is 1.17 bits per heavy atom. The van der Waals surface area contributed by atoms with Gasteiger partial charge in [0.25, 0.3) is 5.56 Å². The van der Waals surface area contributed by atoms with Gasteiger partial charge < -0.3 is 4.74 Å². The second kappa shape index (κ2) is 4.64. The summed E-state index contributed by atoms with van der Waals surface area (Å²) < 4.78 is 5.35. The normalized spacial score (nSPS) is 10.4. The lowest BCUT2D eigenvalue weighted by Gasteiger charge is -2.11. The molecule has 0 saturated heterocycles. The van der Waals surface area contributed by atoms with E-state index in [2.05, 4.69) is 10.2 Å². The van der Waals surface area contributed by atoms with Crippen LogP contribution in [0, 0.1) is 20.8 Å². The van der Waals surface area contributed by atoms with Gasteiger partial charge in [-0.05, 0) is 38.5 Å². The standard InChI is InChI=1S/C14H16N2O2/c1-8-5-6-12(18-4)11(7-8)13-9(2)10(3)14(17)16-15-13/h5-7H,1-4H3,(H,16,17). The molecular weight excluding hydrogens is 228 g/mol. The van der Waals surface area contributed by atoms with Gasteiger partial charge >= 0.3 is 0 Å². The lowest BCUT2D eigenvalue weighted by molar-refractivity contribution is 0.416. The summed E-state index contributed by atoms with van der Waals surface area (Å²) in [7, 11) is 1.63. The number of aromatic nitrogens is 2. The van der Waals surface area contributed by atoms with Gasteiger partial charge in [-0.1, -0.05) is 11.6 Å². The molecule has 0 saturated carbocycles. The molecule has 0 spiro atoms. The van der Waals surface area contributed by atoms with Crippen molar-refractivity contribution < 1.29 is 4.74 Å². The van der Waals surface area contributed by atoms with Gasteiger partial charge in [0, 0.05) is 11.1 Å². The summed E-state index contributed by atoms with van der Waals surface area (Å²) in [6.45, 7) is 5.70. The van der Waals surface area contributed by atoms with Crippen molar-refractivity contribution in [2.75, 3.05) is 7.11 Å². The van der Waals surface area contributed by atoms with Crippen LogP contribution in [0.3, 0.4) is 0 Å². The van der Waals surface area contributed by atoms with Crippen LogP contribution < -0.4 is 10.3 Å². The molecule has 0 fully saturated rings. The Hall–Kier alpha value is -2.10. The lowest BCUT2D eigenvalue weighted by atomic mass is 10.0. The van der Waals surface area contributed by atoms with Crippen LogP contribution in [0.4, 0.5) is 0 Å². The van der Waals surface area contributed by atoms with E-state index in [-0.39, 0.29) is 5.56 Å². The molecule has 1 aromatic heterocycles. The van der Waals surface area contributed by atoms with Crippen LogP contribution in [0.25, 0.3) is 11.3 Å². The Morgan fingerprint density at radius 3 is 2.56 bits per heavy atom. The molecule has 18 heavy (non-hydrogen) atoms. The Balaban J connectivity index is 2.73. The first-order chi connectivity index (χ1) is 8.54. The molecule has 0 unspecified atom stereocenters. The van der Waals surface area contributed by atoms with Crippen molar-refractivity contribution in [3.63, 3.8) is 0 Å². The molecule has 0 atom stereocenters. The van der Waals surface area contributed by atoms with Gasteiger partial charge in [-0.2, -0.15) is 5.10 Å². The molecule has 2 rings (SSSR count). The highest BCUT2D eigenvalue weighted by molar-refractivity contribution is 5.70. The van der Waals surface area contributed by atoms with Crippen molar-refractivity contribution in [2.45, 2.75) is 20.8 Å². The maximum Gasteiger partial charge on any atom is 0.267 e. The monoisotopic (exact) mass is 244 g/mol. The number of nitrogens with one attached hydrogen (secondary N) is 1. The molecule has 1 aromatic carbocycles. The summed E-state index contributed by atoms with van der Waals surface area (Å²) in [5.41, 5.74) is 4.19. The summed E-state index contributed by atoms with van der Waals surface area (Å²) in [6, 6.07) is 5.90. The van der Waals surface area contributed by atoms with E-state index in [1.807, 2.05) is 32.0 Å². The maximum absolute atomic E-state index is 11.5. The molecule has 2 aromatic rings. The fraction of sp³-hybridized carbons (Fsp3) is 0.286. The molecule has 94 valence electrons. The maximum atomic E-state index is 11.5. The zero-order valence-corrected chi connectivity index (χ0v) is 11.0. The Bertz CT molecular complexity index is 645. The Kier molecular flexibility index (Phi) is 3.19. The first kappa shape index (κ1) is 12.4. The molecule has 0 aliphatic rings. The van der Waals surface area contributed by atoms with Crippen LogP contribution in [0.5, 0.6) is 5.75 Å². The van der Waals surface area contributed by atoms with Crippen LogP contribution in [0.1, 0.15) is 16.7 Å². The van der Waals surface area contributed by atoms with Gasteiger partial charge in [0.15, 0.2) is 0 Å². The predicted octanol–water partition coefficient (Wildman–Crippen LogP) is 2.37. The first-order valence-corrected chi connectivity index (χ1v) is 5.75. The second-order valence-corrected chi connectivity index (χ2v) is 4.36. The van der Waals surface area contributed by atoms with E-state index >= 15 is 0 Å². The van der Waals surface area contributed by atoms with Crippen molar-refractivity contribution in [2.24, 2.45) is 0 Å². The van der Waals surface area contributed by atoms with Gasteiger partial charge in [0.2, 0.25) is 0 Å². The molecule has 4 nitrogen and oxygen atoms in total. The minimum atomic E-state index is -0.150. The number of H-pyrrole nitrogens is 1. The van der Waals surface area contributed by atoms with Gasteiger partial charge in [-0.3, -0.25) is 4.79 Å². The van der Waals surface area contributed by atoms with E-state index in [9.17, 15) is 4.79 Å². The van der Waals surface area contributed by atoms with Crippen LogP contribution in [-0.4, -0.2) is 17.3 Å². The van der Waals surface area contributed by atoms with Crippen molar-refractivity contribution in [1.29, 1.82) is 0 Å².